The number of H-pyrrole nitrogens is 1. The number of hydrogen-bond donors (Lipinski definition) is 2. The van der Waals surface area contributed by atoms with Crippen molar-refractivity contribution in [3.05, 3.63) is 72.0 Å². The summed E-state index contributed by atoms with van der Waals surface area (Å²) in [6, 6.07) is 16.7. The molecule has 0 bridgehead atoms. The highest BCUT2D eigenvalue weighted by molar-refractivity contribution is 7.13. The van der Waals surface area contributed by atoms with Gasteiger partial charge in [-0.15, -0.1) is 11.3 Å². The van der Waals surface area contributed by atoms with Gasteiger partial charge in [0.2, 0.25) is 5.91 Å². The summed E-state index contributed by atoms with van der Waals surface area (Å²) >= 11 is 1.41. The lowest BCUT2D eigenvalue weighted by molar-refractivity contribution is -0.115. The Balaban J connectivity index is 1.44. The number of benzene rings is 2. The van der Waals surface area contributed by atoms with Gasteiger partial charge < -0.3 is 10.1 Å². The van der Waals surface area contributed by atoms with Crippen LogP contribution in [-0.4, -0.2) is 26.1 Å². The van der Waals surface area contributed by atoms with Crippen molar-refractivity contribution in [2.75, 3.05) is 5.32 Å². The zero-order valence-electron chi connectivity index (χ0n) is 14.1. The van der Waals surface area contributed by atoms with Crippen molar-refractivity contribution in [1.29, 1.82) is 0 Å². The van der Waals surface area contributed by atoms with Gasteiger partial charge in [-0.2, -0.15) is 5.10 Å². The van der Waals surface area contributed by atoms with Crippen molar-refractivity contribution in [2.45, 2.75) is 6.42 Å². The maximum Gasteiger partial charge on any atom is 0.230 e. The van der Waals surface area contributed by atoms with Gasteiger partial charge in [-0.25, -0.2) is 9.97 Å². The molecule has 4 rings (SSSR count). The third-order valence-corrected chi connectivity index (χ3v) is 4.54. The second kappa shape index (κ2) is 7.79. The fraction of sp³-hybridized carbons (Fsp3) is 0.0526. The van der Waals surface area contributed by atoms with E-state index >= 15 is 0 Å². The van der Waals surface area contributed by atoms with E-state index in [1.807, 2.05) is 53.9 Å². The molecule has 2 aromatic heterocycles. The lowest BCUT2D eigenvalue weighted by atomic mass is 10.2. The van der Waals surface area contributed by atoms with Crippen LogP contribution in [-0.2, 0) is 11.2 Å². The summed E-state index contributed by atoms with van der Waals surface area (Å²) in [6.45, 7) is 0. The third-order valence-electron chi connectivity index (χ3n) is 3.64. The van der Waals surface area contributed by atoms with E-state index in [4.69, 9.17) is 4.74 Å². The van der Waals surface area contributed by atoms with Crippen LogP contribution in [0.25, 0.3) is 10.8 Å². The molecule has 0 fully saturated rings. The summed E-state index contributed by atoms with van der Waals surface area (Å²) in [7, 11) is 0. The number of ether oxygens (including phenoxy) is 1. The fourth-order valence-corrected chi connectivity index (χ4v) is 3.20. The topological polar surface area (TPSA) is 92.8 Å². The average Bonchev–Trinajstić information content (AvgIpc) is 3.36. The van der Waals surface area contributed by atoms with Crippen molar-refractivity contribution in [3.63, 3.8) is 0 Å². The molecular weight excluding hydrogens is 362 g/mol. The summed E-state index contributed by atoms with van der Waals surface area (Å²) in [5, 5.41) is 12.0. The highest BCUT2D eigenvalue weighted by Gasteiger charge is 2.13. The van der Waals surface area contributed by atoms with Crippen LogP contribution >= 0.6 is 11.3 Å². The van der Waals surface area contributed by atoms with Crippen molar-refractivity contribution < 1.29 is 9.53 Å². The van der Waals surface area contributed by atoms with Crippen molar-refractivity contribution in [1.82, 2.24) is 20.2 Å². The molecule has 1 amide bonds. The lowest BCUT2D eigenvalue weighted by Gasteiger charge is -2.11. The minimum absolute atomic E-state index is 0.157. The first-order valence-electron chi connectivity index (χ1n) is 8.20. The van der Waals surface area contributed by atoms with Gasteiger partial charge in [0.05, 0.1) is 17.8 Å². The number of anilines is 1. The van der Waals surface area contributed by atoms with Crippen molar-refractivity contribution in [3.8, 4) is 22.3 Å². The summed E-state index contributed by atoms with van der Waals surface area (Å²) in [4.78, 5) is 20.9. The number of hydrogen-bond acceptors (Lipinski definition) is 6. The second-order valence-corrected chi connectivity index (χ2v) is 6.47. The Bertz CT molecular complexity index is 1030. The molecule has 0 aliphatic heterocycles. The largest absolute Gasteiger partial charge is 0.455 e. The van der Waals surface area contributed by atoms with Gasteiger partial charge in [0.25, 0.3) is 0 Å². The first-order chi connectivity index (χ1) is 13.3. The Labute approximate surface area is 159 Å². The number of carbonyl (C=O) groups excluding carboxylic acids is 1. The van der Waals surface area contributed by atoms with Gasteiger partial charge in [-0.3, -0.25) is 9.89 Å². The number of para-hydroxylation sites is 3. The van der Waals surface area contributed by atoms with Crippen molar-refractivity contribution in [2.24, 2.45) is 0 Å². The molecule has 0 saturated carbocycles. The highest BCUT2D eigenvalue weighted by atomic mass is 32.1. The first-order valence-corrected chi connectivity index (χ1v) is 9.08. The molecule has 4 aromatic rings. The van der Waals surface area contributed by atoms with Gasteiger partial charge in [-0.05, 0) is 24.3 Å². The average molecular weight is 377 g/mol. The van der Waals surface area contributed by atoms with E-state index in [1.165, 1.54) is 17.7 Å². The molecule has 0 saturated heterocycles. The Kier molecular flexibility index (Phi) is 4.88. The molecule has 0 spiro atoms. The van der Waals surface area contributed by atoms with Crippen LogP contribution in [0.4, 0.5) is 5.69 Å². The van der Waals surface area contributed by atoms with Crippen LogP contribution in [0.15, 0.2) is 66.3 Å². The Morgan fingerprint density at radius 1 is 1.11 bits per heavy atom. The van der Waals surface area contributed by atoms with E-state index in [1.54, 1.807) is 6.07 Å². The van der Waals surface area contributed by atoms with E-state index in [9.17, 15) is 4.79 Å². The van der Waals surface area contributed by atoms with Crippen LogP contribution in [0.3, 0.4) is 0 Å². The maximum absolute atomic E-state index is 12.4. The van der Waals surface area contributed by atoms with E-state index in [2.05, 4.69) is 25.5 Å². The molecule has 0 radical (unpaired) electrons. The molecule has 0 aliphatic rings. The molecule has 0 aliphatic carbocycles. The lowest BCUT2D eigenvalue weighted by Crippen LogP contribution is -2.15. The van der Waals surface area contributed by atoms with E-state index in [0.717, 1.165) is 0 Å². The zero-order chi connectivity index (χ0) is 18.5. The molecule has 2 heterocycles. The van der Waals surface area contributed by atoms with Crippen molar-refractivity contribution >= 4 is 22.9 Å². The Hall–Kier alpha value is -3.52. The molecule has 27 heavy (non-hydrogen) atoms. The SMILES string of the molecule is O=C(Cc1csc(-c2ncn[nH]2)n1)Nc1ccccc1Oc1ccccc1. The van der Waals surface area contributed by atoms with E-state index in [-0.39, 0.29) is 12.3 Å². The molecule has 7 nitrogen and oxygen atoms in total. The maximum atomic E-state index is 12.4. The number of thiazole rings is 1. The molecule has 2 aromatic carbocycles. The van der Waals surface area contributed by atoms with Gasteiger partial charge in [0.1, 0.15) is 12.1 Å². The predicted octanol–water partition coefficient (Wildman–Crippen LogP) is 3.90. The van der Waals surface area contributed by atoms with Crippen LogP contribution < -0.4 is 10.1 Å². The Morgan fingerprint density at radius 3 is 2.74 bits per heavy atom. The first kappa shape index (κ1) is 16.9. The monoisotopic (exact) mass is 377 g/mol. The van der Waals surface area contributed by atoms with E-state index < -0.39 is 0 Å². The van der Waals surface area contributed by atoms with Crippen LogP contribution in [0, 0.1) is 0 Å². The number of nitrogens with zero attached hydrogens (tertiary/aromatic N) is 3. The molecule has 0 unspecified atom stereocenters. The van der Waals surface area contributed by atoms with Gasteiger partial charge in [0, 0.05) is 5.38 Å². The second-order valence-electron chi connectivity index (χ2n) is 5.61. The number of aromatic amines is 1. The van der Waals surface area contributed by atoms with Gasteiger partial charge >= 0.3 is 0 Å². The van der Waals surface area contributed by atoms with E-state index in [0.29, 0.717) is 33.7 Å². The molecular formula is C19H15N5O2S. The minimum Gasteiger partial charge on any atom is -0.455 e. The predicted molar refractivity (Wildman–Crippen MR) is 103 cm³/mol. The summed E-state index contributed by atoms with van der Waals surface area (Å²) in [5.41, 5.74) is 1.28. The van der Waals surface area contributed by atoms with Gasteiger partial charge in [0.15, 0.2) is 16.6 Å². The molecule has 2 N–H and O–H groups in total. The molecule has 0 atom stereocenters. The third kappa shape index (κ3) is 4.18. The van der Waals surface area contributed by atoms with Crippen LogP contribution in [0.5, 0.6) is 11.5 Å². The van der Waals surface area contributed by atoms with Crippen LogP contribution in [0.1, 0.15) is 5.69 Å². The van der Waals surface area contributed by atoms with Gasteiger partial charge in [-0.1, -0.05) is 30.3 Å². The fourth-order valence-electron chi connectivity index (χ4n) is 2.44. The normalized spacial score (nSPS) is 10.5. The molecule has 134 valence electrons. The minimum atomic E-state index is -0.173. The number of nitrogens with one attached hydrogen (secondary N) is 2. The summed E-state index contributed by atoms with van der Waals surface area (Å²) < 4.78 is 5.87. The number of rotatable bonds is 6. The number of carbonyl (C=O) groups is 1. The highest BCUT2D eigenvalue weighted by Crippen LogP contribution is 2.29. The number of amides is 1. The summed E-state index contributed by atoms with van der Waals surface area (Å²) in [6.07, 6.45) is 1.58. The standard InChI is InChI=1S/C19H15N5O2S/c25-17(10-13-11-27-19(22-13)18-20-12-21-24-18)23-15-8-4-5-9-16(15)26-14-6-2-1-3-7-14/h1-9,11-12H,10H2,(H,23,25)(H,20,21,24). The molecule has 8 heteroatoms. The number of aromatic nitrogens is 4. The summed E-state index contributed by atoms with van der Waals surface area (Å²) in [5.74, 6) is 1.70. The smallest absolute Gasteiger partial charge is 0.230 e. The zero-order valence-corrected chi connectivity index (χ0v) is 14.9. The van der Waals surface area contributed by atoms with Crippen LogP contribution in [0.2, 0.25) is 0 Å². The Morgan fingerprint density at radius 2 is 1.93 bits per heavy atom. The quantitative estimate of drug-likeness (QED) is 0.532.